The summed E-state index contributed by atoms with van der Waals surface area (Å²) in [4.78, 5) is 29.8. The molecule has 0 saturated carbocycles. The van der Waals surface area contributed by atoms with Gasteiger partial charge in [0.05, 0.1) is 11.4 Å². The van der Waals surface area contributed by atoms with Crippen LogP contribution in [0.5, 0.6) is 0 Å². The number of ketones is 1. The molecule has 1 aliphatic rings. The predicted octanol–water partition coefficient (Wildman–Crippen LogP) is 5.41. The molecule has 0 unspecified atom stereocenters. The van der Waals surface area contributed by atoms with E-state index >= 15 is 0 Å². The Kier molecular flexibility index (Phi) is 4.64. The van der Waals surface area contributed by atoms with Crippen molar-refractivity contribution in [2.45, 2.75) is 0 Å². The number of hydrogen-bond donors (Lipinski definition) is 1. The zero-order valence-corrected chi connectivity index (χ0v) is 16.2. The first-order chi connectivity index (χ1) is 13.0. The van der Waals surface area contributed by atoms with Gasteiger partial charge in [-0.15, -0.1) is 0 Å². The fourth-order valence-electron chi connectivity index (χ4n) is 2.89. The zero-order chi connectivity index (χ0) is 19.0. The van der Waals surface area contributed by atoms with Gasteiger partial charge in [-0.25, -0.2) is 4.99 Å². The lowest BCUT2D eigenvalue weighted by molar-refractivity contribution is -0.110. The predicted molar refractivity (Wildman–Crippen MR) is 110 cm³/mol. The van der Waals surface area contributed by atoms with E-state index in [4.69, 9.17) is 11.6 Å². The van der Waals surface area contributed by atoms with Crippen molar-refractivity contribution in [3.8, 4) is 0 Å². The third kappa shape index (κ3) is 3.44. The second kappa shape index (κ2) is 7.10. The standard InChI is InChI=1S/C21H12BrClN2O2/c22-13-6-8-17-15(10-13)19(21(27)25-17)24-18-9-7-14(23)11-16(18)20(26)12-4-2-1-3-5-12/h1-11H,(H,24,25,27). The van der Waals surface area contributed by atoms with Crippen LogP contribution in [0.2, 0.25) is 5.02 Å². The van der Waals surface area contributed by atoms with Crippen LogP contribution in [0.1, 0.15) is 21.5 Å². The van der Waals surface area contributed by atoms with E-state index < -0.39 is 0 Å². The Hall–Kier alpha value is -2.76. The maximum atomic E-state index is 12.9. The van der Waals surface area contributed by atoms with Gasteiger partial charge in [0.25, 0.3) is 5.91 Å². The Bertz CT molecular complexity index is 1110. The number of halogens is 2. The minimum absolute atomic E-state index is 0.203. The van der Waals surface area contributed by atoms with Crippen molar-refractivity contribution in [2.24, 2.45) is 4.99 Å². The van der Waals surface area contributed by atoms with Gasteiger partial charge in [-0.2, -0.15) is 0 Å². The highest BCUT2D eigenvalue weighted by atomic mass is 79.9. The quantitative estimate of drug-likeness (QED) is 0.555. The third-order valence-corrected chi connectivity index (χ3v) is 4.90. The molecule has 1 heterocycles. The van der Waals surface area contributed by atoms with Crippen molar-refractivity contribution in [3.63, 3.8) is 0 Å². The second-order valence-electron chi connectivity index (χ2n) is 5.96. The Balaban J connectivity index is 1.85. The molecule has 1 N–H and O–H groups in total. The highest BCUT2D eigenvalue weighted by Crippen LogP contribution is 2.31. The van der Waals surface area contributed by atoms with E-state index in [0.717, 1.165) is 4.47 Å². The summed E-state index contributed by atoms with van der Waals surface area (Å²) in [6.45, 7) is 0. The summed E-state index contributed by atoms with van der Waals surface area (Å²) in [7, 11) is 0. The van der Waals surface area contributed by atoms with Crippen molar-refractivity contribution in [3.05, 3.63) is 92.9 Å². The Morgan fingerprint density at radius 1 is 1.00 bits per heavy atom. The van der Waals surface area contributed by atoms with Gasteiger partial charge in [0.2, 0.25) is 0 Å². The summed E-state index contributed by atoms with van der Waals surface area (Å²) in [5, 5.41) is 3.21. The minimum atomic E-state index is -0.309. The van der Waals surface area contributed by atoms with Gasteiger partial charge in [-0.3, -0.25) is 9.59 Å². The molecule has 0 atom stereocenters. The van der Waals surface area contributed by atoms with Gasteiger partial charge in [0, 0.05) is 26.2 Å². The molecule has 3 aromatic rings. The number of fused-ring (bicyclic) bond motifs is 1. The summed E-state index contributed by atoms with van der Waals surface area (Å²) in [5.74, 6) is -0.513. The maximum absolute atomic E-state index is 12.9. The first kappa shape index (κ1) is 17.6. The molecule has 0 fully saturated rings. The van der Waals surface area contributed by atoms with Crippen LogP contribution in [0.15, 0.2) is 76.2 Å². The summed E-state index contributed by atoms with van der Waals surface area (Å²) in [6.07, 6.45) is 0. The number of nitrogens with zero attached hydrogens (tertiary/aromatic N) is 1. The van der Waals surface area contributed by atoms with Crippen LogP contribution < -0.4 is 5.32 Å². The number of carbonyl (C=O) groups excluding carboxylic acids is 2. The van der Waals surface area contributed by atoms with Crippen molar-refractivity contribution in [1.29, 1.82) is 0 Å². The zero-order valence-electron chi connectivity index (χ0n) is 13.9. The number of carbonyl (C=O) groups is 2. The number of nitrogens with one attached hydrogen (secondary N) is 1. The average Bonchev–Trinajstić information content (AvgIpc) is 2.98. The monoisotopic (exact) mass is 438 g/mol. The molecule has 27 heavy (non-hydrogen) atoms. The van der Waals surface area contributed by atoms with Gasteiger partial charge in [0.15, 0.2) is 5.78 Å². The molecule has 0 spiro atoms. The van der Waals surface area contributed by atoms with Crippen LogP contribution in [0, 0.1) is 0 Å². The molecule has 132 valence electrons. The largest absolute Gasteiger partial charge is 0.320 e. The lowest BCUT2D eigenvalue weighted by atomic mass is 10.0. The van der Waals surface area contributed by atoms with E-state index in [1.807, 2.05) is 18.2 Å². The second-order valence-corrected chi connectivity index (χ2v) is 7.31. The molecule has 4 nitrogen and oxygen atoms in total. The molecule has 1 aliphatic heterocycles. The molecule has 6 heteroatoms. The van der Waals surface area contributed by atoms with Gasteiger partial charge in [0.1, 0.15) is 5.71 Å². The van der Waals surface area contributed by atoms with Crippen LogP contribution >= 0.6 is 27.5 Å². The highest BCUT2D eigenvalue weighted by molar-refractivity contribution is 9.10. The Labute approximate surface area is 169 Å². The number of rotatable bonds is 3. The van der Waals surface area contributed by atoms with E-state index in [-0.39, 0.29) is 17.4 Å². The number of anilines is 1. The van der Waals surface area contributed by atoms with Crippen LogP contribution in [0.3, 0.4) is 0 Å². The topological polar surface area (TPSA) is 58.5 Å². The van der Waals surface area contributed by atoms with Gasteiger partial charge in [-0.05, 0) is 36.4 Å². The smallest absolute Gasteiger partial charge is 0.275 e. The molecule has 0 aliphatic carbocycles. The fraction of sp³-hybridized carbons (Fsp3) is 0. The molecular formula is C21H12BrClN2O2. The molecule has 0 radical (unpaired) electrons. The maximum Gasteiger partial charge on any atom is 0.275 e. The molecule has 0 aromatic heterocycles. The summed E-state index contributed by atoms with van der Waals surface area (Å²) >= 11 is 9.52. The van der Waals surface area contributed by atoms with Gasteiger partial charge < -0.3 is 5.32 Å². The summed E-state index contributed by atoms with van der Waals surface area (Å²) < 4.78 is 0.835. The van der Waals surface area contributed by atoms with Crippen molar-refractivity contribution < 1.29 is 9.59 Å². The molecule has 0 saturated heterocycles. The summed E-state index contributed by atoms with van der Waals surface area (Å²) in [6, 6.07) is 19.2. The van der Waals surface area contributed by atoms with E-state index in [0.29, 0.717) is 33.1 Å². The highest BCUT2D eigenvalue weighted by Gasteiger charge is 2.27. The Morgan fingerprint density at radius 3 is 2.56 bits per heavy atom. The van der Waals surface area contributed by atoms with E-state index in [9.17, 15) is 9.59 Å². The first-order valence-corrected chi connectivity index (χ1v) is 9.29. The fourth-order valence-corrected chi connectivity index (χ4v) is 3.42. The van der Waals surface area contributed by atoms with Crippen molar-refractivity contribution >= 4 is 56.3 Å². The molecule has 1 amide bonds. The first-order valence-electron chi connectivity index (χ1n) is 8.12. The minimum Gasteiger partial charge on any atom is -0.320 e. The van der Waals surface area contributed by atoms with Crippen molar-refractivity contribution in [1.82, 2.24) is 0 Å². The number of amides is 1. The molecule has 4 rings (SSSR count). The van der Waals surface area contributed by atoms with Crippen LogP contribution in [-0.4, -0.2) is 17.4 Å². The van der Waals surface area contributed by atoms with Crippen molar-refractivity contribution in [2.75, 3.05) is 5.32 Å². The normalized spacial score (nSPS) is 14.1. The molecular weight excluding hydrogens is 428 g/mol. The number of benzene rings is 3. The van der Waals surface area contributed by atoms with E-state index in [1.54, 1.807) is 48.5 Å². The van der Waals surface area contributed by atoms with E-state index in [2.05, 4.69) is 26.2 Å². The van der Waals surface area contributed by atoms with Gasteiger partial charge >= 0.3 is 0 Å². The van der Waals surface area contributed by atoms with Crippen LogP contribution in [-0.2, 0) is 4.79 Å². The third-order valence-electron chi connectivity index (χ3n) is 4.17. The SMILES string of the molecule is O=C1Nc2ccc(Br)cc2C1=Nc1ccc(Cl)cc1C(=O)c1ccccc1. The van der Waals surface area contributed by atoms with Crippen LogP contribution in [0.25, 0.3) is 0 Å². The molecule has 0 bridgehead atoms. The lowest BCUT2D eigenvalue weighted by Gasteiger charge is -2.07. The van der Waals surface area contributed by atoms with Crippen LogP contribution in [0.4, 0.5) is 11.4 Å². The summed E-state index contributed by atoms with van der Waals surface area (Å²) in [5.41, 5.74) is 2.90. The number of hydrogen-bond acceptors (Lipinski definition) is 3. The lowest BCUT2D eigenvalue weighted by Crippen LogP contribution is -2.14. The number of aliphatic imine (C=N–C) groups is 1. The average molecular weight is 440 g/mol. The van der Waals surface area contributed by atoms with E-state index in [1.165, 1.54) is 0 Å². The van der Waals surface area contributed by atoms with Gasteiger partial charge in [-0.1, -0.05) is 57.9 Å². The Morgan fingerprint density at radius 2 is 1.78 bits per heavy atom. The molecule has 3 aromatic carbocycles.